The van der Waals surface area contributed by atoms with Gasteiger partial charge in [-0.2, -0.15) is 5.10 Å². The number of nitrogens with zero attached hydrogens (tertiary/aromatic N) is 2. The van der Waals surface area contributed by atoms with Gasteiger partial charge in [0.2, 0.25) is 0 Å². The van der Waals surface area contributed by atoms with E-state index in [1.165, 1.54) is 0 Å². The fraction of sp³-hybridized carbons (Fsp3) is 0.364. The van der Waals surface area contributed by atoms with Crippen LogP contribution in [0.1, 0.15) is 13.8 Å². The fourth-order valence-corrected chi connectivity index (χ4v) is 1.60. The molecule has 80 valence electrons. The minimum Gasteiger partial charge on any atom is -0.399 e. The highest BCUT2D eigenvalue weighted by Gasteiger charge is 2.20. The Balaban J connectivity index is 2.67. The van der Waals surface area contributed by atoms with Crippen molar-refractivity contribution in [2.24, 2.45) is 5.73 Å². The van der Waals surface area contributed by atoms with Crippen molar-refractivity contribution in [2.45, 2.75) is 19.4 Å². The van der Waals surface area contributed by atoms with Gasteiger partial charge in [0.1, 0.15) is 0 Å². The topological polar surface area (TPSA) is 69.9 Å². The summed E-state index contributed by atoms with van der Waals surface area (Å²) < 4.78 is 1.93. The van der Waals surface area contributed by atoms with Crippen LogP contribution in [0.4, 0.5) is 5.69 Å². The number of hydrogen-bond donors (Lipinski definition) is 2. The Bertz CT molecular complexity index is 484. The van der Waals surface area contributed by atoms with E-state index in [4.69, 9.17) is 11.5 Å². The number of aromatic nitrogens is 2. The highest BCUT2D eigenvalue weighted by molar-refractivity contribution is 5.82. The number of fused-ring (bicyclic) bond motifs is 1. The second-order valence-corrected chi connectivity index (χ2v) is 4.39. The molecule has 0 saturated heterocycles. The summed E-state index contributed by atoms with van der Waals surface area (Å²) in [5, 5.41) is 5.45. The Labute approximate surface area is 88.9 Å². The molecule has 4 nitrogen and oxygen atoms in total. The van der Waals surface area contributed by atoms with Crippen LogP contribution in [0.15, 0.2) is 24.4 Å². The van der Waals surface area contributed by atoms with Crippen LogP contribution in [0.25, 0.3) is 10.9 Å². The van der Waals surface area contributed by atoms with Crippen molar-refractivity contribution in [1.29, 1.82) is 0 Å². The second-order valence-electron chi connectivity index (χ2n) is 4.39. The van der Waals surface area contributed by atoms with Crippen molar-refractivity contribution in [3.8, 4) is 0 Å². The lowest BCUT2D eigenvalue weighted by molar-refractivity contribution is 0.341. The molecule has 0 bridgehead atoms. The highest BCUT2D eigenvalue weighted by Crippen LogP contribution is 2.23. The van der Waals surface area contributed by atoms with E-state index in [2.05, 4.69) is 18.9 Å². The largest absolute Gasteiger partial charge is 0.399 e. The maximum absolute atomic E-state index is 5.76. The van der Waals surface area contributed by atoms with Gasteiger partial charge in [-0.25, -0.2) is 0 Å². The predicted molar refractivity (Wildman–Crippen MR) is 62.5 cm³/mol. The number of hydrogen-bond acceptors (Lipinski definition) is 3. The first-order valence-corrected chi connectivity index (χ1v) is 4.98. The smallest absolute Gasteiger partial charge is 0.0709 e. The van der Waals surface area contributed by atoms with Crippen molar-refractivity contribution in [2.75, 3.05) is 12.3 Å². The Morgan fingerprint density at radius 3 is 2.80 bits per heavy atom. The molecule has 0 aliphatic carbocycles. The van der Waals surface area contributed by atoms with Gasteiger partial charge in [0, 0.05) is 17.6 Å². The fourth-order valence-electron chi connectivity index (χ4n) is 1.60. The first-order valence-electron chi connectivity index (χ1n) is 4.98. The van der Waals surface area contributed by atoms with Gasteiger partial charge in [-0.1, -0.05) is 0 Å². The molecular weight excluding hydrogens is 188 g/mol. The molecule has 4 N–H and O–H groups in total. The van der Waals surface area contributed by atoms with Crippen LogP contribution in [-0.2, 0) is 5.54 Å². The summed E-state index contributed by atoms with van der Waals surface area (Å²) in [6.45, 7) is 4.66. The summed E-state index contributed by atoms with van der Waals surface area (Å²) in [5.74, 6) is 0. The first kappa shape index (κ1) is 9.98. The molecule has 1 aromatic heterocycles. The van der Waals surface area contributed by atoms with E-state index in [0.29, 0.717) is 6.54 Å². The minimum atomic E-state index is -0.185. The molecule has 0 fully saturated rings. The van der Waals surface area contributed by atoms with Crippen molar-refractivity contribution in [1.82, 2.24) is 9.78 Å². The van der Waals surface area contributed by atoms with Gasteiger partial charge in [-0.3, -0.25) is 4.68 Å². The summed E-state index contributed by atoms with van der Waals surface area (Å²) in [6.07, 6.45) is 1.84. The Kier molecular flexibility index (Phi) is 2.16. The third-order valence-corrected chi connectivity index (χ3v) is 2.67. The summed E-state index contributed by atoms with van der Waals surface area (Å²) in [4.78, 5) is 0. The third-order valence-electron chi connectivity index (χ3n) is 2.67. The zero-order chi connectivity index (χ0) is 11.1. The average Bonchev–Trinajstić information content (AvgIpc) is 2.61. The number of nitrogen functional groups attached to an aromatic ring is 1. The van der Waals surface area contributed by atoms with Gasteiger partial charge >= 0.3 is 0 Å². The van der Waals surface area contributed by atoms with E-state index in [1.54, 1.807) is 0 Å². The first-order chi connectivity index (χ1) is 7.04. The van der Waals surface area contributed by atoms with Crippen LogP contribution in [-0.4, -0.2) is 16.3 Å². The number of benzene rings is 1. The molecule has 1 aromatic carbocycles. The van der Waals surface area contributed by atoms with Gasteiger partial charge in [0.15, 0.2) is 0 Å². The molecule has 0 amide bonds. The van der Waals surface area contributed by atoms with E-state index < -0.39 is 0 Å². The molecule has 0 aliphatic heterocycles. The Hall–Kier alpha value is -1.55. The van der Waals surface area contributed by atoms with Crippen LogP contribution in [0, 0.1) is 0 Å². The summed E-state index contributed by atoms with van der Waals surface area (Å²) >= 11 is 0. The lowest BCUT2D eigenvalue weighted by atomic mass is 10.1. The van der Waals surface area contributed by atoms with Crippen molar-refractivity contribution >= 4 is 16.6 Å². The zero-order valence-electron chi connectivity index (χ0n) is 9.07. The number of nitrogens with two attached hydrogens (primary N) is 2. The van der Waals surface area contributed by atoms with Crippen molar-refractivity contribution in [3.05, 3.63) is 24.4 Å². The van der Waals surface area contributed by atoms with E-state index in [9.17, 15) is 0 Å². The third kappa shape index (κ3) is 1.57. The molecule has 2 rings (SSSR count). The number of rotatable bonds is 2. The lowest BCUT2D eigenvalue weighted by Crippen LogP contribution is -2.35. The van der Waals surface area contributed by atoms with Gasteiger partial charge < -0.3 is 11.5 Å². The molecule has 0 radical (unpaired) electrons. The normalized spacial score (nSPS) is 12.2. The maximum atomic E-state index is 5.76. The van der Waals surface area contributed by atoms with Crippen LogP contribution >= 0.6 is 0 Å². The summed E-state index contributed by atoms with van der Waals surface area (Å²) in [7, 11) is 0. The zero-order valence-corrected chi connectivity index (χ0v) is 9.07. The molecule has 2 aromatic rings. The lowest BCUT2D eigenvalue weighted by Gasteiger charge is -2.24. The quantitative estimate of drug-likeness (QED) is 0.725. The van der Waals surface area contributed by atoms with Gasteiger partial charge in [0.25, 0.3) is 0 Å². The van der Waals surface area contributed by atoms with Crippen LogP contribution in [0.5, 0.6) is 0 Å². The molecule has 0 unspecified atom stereocenters. The standard InChI is InChI=1S/C11H16N4/c1-11(2,7-12)15-10-5-9(13)4-3-8(10)6-14-15/h3-6H,7,12-13H2,1-2H3. The van der Waals surface area contributed by atoms with Crippen molar-refractivity contribution < 1.29 is 0 Å². The average molecular weight is 204 g/mol. The van der Waals surface area contributed by atoms with E-state index in [-0.39, 0.29) is 5.54 Å². The molecule has 0 saturated carbocycles. The van der Waals surface area contributed by atoms with Crippen LogP contribution < -0.4 is 11.5 Å². The molecule has 0 atom stereocenters. The highest BCUT2D eigenvalue weighted by atomic mass is 15.3. The van der Waals surface area contributed by atoms with Gasteiger partial charge in [-0.15, -0.1) is 0 Å². The summed E-state index contributed by atoms with van der Waals surface area (Å²) in [6, 6.07) is 5.78. The number of anilines is 1. The Morgan fingerprint density at radius 2 is 2.13 bits per heavy atom. The van der Waals surface area contributed by atoms with E-state index in [0.717, 1.165) is 16.6 Å². The molecular formula is C11H16N4. The molecule has 15 heavy (non-hydrogen) atoms. The molecule has 0 aliphatic rings. The molecule has 4 heteroatoms. The molecule has 1 heterocycles. The van der Waals surface area contributed by atoms with Crippen molar-refractivity contribution in [3.63, 3.8) is 0 Å². The van der Waals surface area contributed by atoms with Crippen LogP contribution in [0.3, 0.4) is 0 Å². The van der Waals surface area contributed by atoms with E-state index in [1.807, 2.05) is 29.1 Å². The Morgan fingerprint density at radius 1 is 1.40 bits per heavy atom. The molecule has 0 spiro atoms. The minimum absolute atomic E-state index is 0.185. The van der Waals surface area contributed by atoms with Gasteiger partial charge in [0.05, 0.1) is 17.3 Å². The SMILES string of the molecule is CC(C)(CN)n1ncc2ccc(N)cc21. The summed E-state index contributed by atoms with van der Waals surface area (Å²) in [5.41, 5.74) is 13.1. The monoisotopic (exact) mass is 204 g/mol. The van der Waals surface area contributed by atoms with E-state index >= 15 is 0 Å². The maximum Gasteiger partial charge on any atom is 0.0709 e. The second kappa shape index (κ2) is 3.24. The van der Waals surface area contributed by atoms with Gasteiger partial charge in [-0.05, 0) is 32.0 Å². The predicted octanol–water partition coefficient (Wildman–Crippen LogP) is 1.31. The van der Waals surface area contributed by atoms with Crippen LogP contribution in [0.2, 0.25) is 0 Å².